The molecule has 0 bridgehead atoms. The van der Waals surface area contributed by atoms with E-state index in [1.54, 1.807) is 12.3 Å². The second-order valence-electron chi connectivity index (χ2n) is 4.56. The summed E-state index contributed by atoms with van der Waals surface area (Å²) in [5.74, 6) is -0.982. The van der Waals surface area contributed by atoms with Crippen LogP contribution in [0.25, 0.3) is 0 Å². The zero-order valence-electron chi connectivity index (χ0n) is 10.1. The lowest BCUT2D eigenvalue weighted by Crippen LogP contribution is -2.31. The fourth-order valence-electron chi connectivity index (χ4n) is 2.10. The number of carboxylic acids is 1. The normalized spacial score (nSPS) is 19.9. The van der Waals surface area contributed by atoms with Crippen LogP contribution >= 0.6 is 0 Å². The van der Waals surface area contributed by atoms with Gasteiger partial charge in [-0.1, -0.05) is 0 Å². The summed E-state index contributed by atoms with van der Waals surface area (Å²) < 4.78 is 0. The van der Waals surface area contributed by atoms with Crippen LogP contribution in [-0.4, -0.2) is 54.2 Å². The molecule has 0 aliphatic carbocycles. The molecule has 0 spiro atoms. The SMILES string of the molecule is CN(C)C1CCN(c2ccc(C(=O)O)nc2)C1. The van der Waals surface area contributed by atoms with Gasteiger partial charge in [-0.05, 0) is 32.6 Å². The molecule has 1 aliphatic heterocycles. The van der Waals surface area contributed by atoms with E-state index in [0.717, 1.165) is 25.2 Å². The molecule has 92 valence electrons. The highest BCUT2D eigenvalue weighted by molar-refractivity contribution is 5.85. The van der Waals surface area contributed by atoms with Gasteiger partial charge in [-0.3, -0.25) is 0 Å². The molecule has 1 N–H and O–H groups in total. The molecule has 0 aromatic carbocycles. The molecule has 1 atom stereocenters. The Hall–Kier alpha value is -1.62. The van der Waals surface area contributed by atoms with Crippen molar-refractivity contribution >= 4 is 11.7 Å². The standard InChI is InChI=1S/C12H17N3O2/c1-14(2)10-5-6-15(8-10)9-3-4-11(12(16)17)13-7-9/h3-4,7,10H,5-6,8H2,1-2H3,(H,16,17). The fraction of sp³-hybridized carbons (Fsp3) is 0.500. The molecule has 1 unspecified atom stereocenters. The highest BCUT2D eigenvalue weighted by atomic mass is 16.4. The lowest BCUT2D eigenvalue weighted by molar-refractivity contribution is 0.0690. The van der Waals surface area contributed by atoms with E-state index in [9.17, 15) is 4.79 Å². The van der Waals surface area contributed by atoms with Gasteiger partial charge >= 0.3 is 5.97 Å². The Morgan fingerprint density at radius 2 is 2.29 bits per heavy atom. The largest absolute Gasteiger partial charge is 0.477 e. The van der Waals surface area contributed by atoms with Gasteiger partial charge < -0.3 is 14.9 Å². The predicted octanol–water partition coefficient (Wildman–Crippen LogP) is 0.920. The van der Waals surface area contributed by atoms with Crippen molar-refractivity contribution < 1.29 is 9.90 Å². The van der Waals surface area contributed by atoms with Crippen molar-refractivity contribution in [3.8, 4) is 0 Å². The zero-order valence-corrected chi connectivity index (χ0v) is 10.1. The molecule has 2 rings (SSSR count). The molecule has 2 heterocycles. The molecule has 1 aliphatic rings. The van der Waals surface area contributed by atoms with Crippen LogP contribution in [0.3, 0.4) is 0 Å². The molecule has 1 saturated heterocycles. The fourth-order valence-corrected chi connectivity index (χ4v) is 2.10. The van der Waals surface area contributed by atoms with Crippen LogP contribution in [0.5, 0.6) is 0 Å². The summed E-state index contributed by atoms with van der Waals surface area (Å²) in [6.45, 7) is 1.97. The number of carboxylic acid groups (broad SMARTS) is 1. The van der Waals surface area contributed by atoms with Crippen molar-refractivity contribution in [3.63, 3.8) is 0 Å². The van der Waals surface area contributed by atoms with Gasteiger partial charge in [0.1, 0.15) is 5.69 Å². The number of nitrogens with zero attached hydrogens (tertiary/aromatic N) is 3. The van der Waals surface area contributed by atoms with E-state index in [1.165, 1.54) is 0 Å². The number of pyridine rings is 1. The summed E-state index contributed by atoms with van der Waals surface area (Å²) in [5, 5.41) is 8.77. The minimum atomic E-state index is -0.982. The van der Waals surface area contributed by atoms with Gasteiger partial charge in [-0.25, -0.2) is 9.78 Å². The summed E-state index contributed by atoms with van der Waals surface area (Å²) in [6, 6.07) is 3.95. The predicted molar refractivity (Wildman–Crippen MR) is 65.5 cm³/mol. The maximum absolute atomic E-state index is 10.7. The minimum Gasteiger partial charge on any atom is -0.477 e. The number of hydrogen-bond donors (Lipinski definition) is 1. The maximum atomic E-state index is 10.7. The molecule has 5 nitrogen and oxygen atoms in total. The van der Waals surface area contributed by atoms with Crippen LogP contribution in [0.2, 0.25) is 0 Å². The summed E-state index contributed by atoms with van der Waals surface area (Å²) in [7, 11) is 4.17. The van der Waals surface area contributed by atoms with Crippen LogP contribution in [0.15, 0.2) is 18.3 Å². The second kappa shape index (κ2) is 4.71. The lowest BCUT2D eigenvalue weighted by Gasteiger charge is -2.21. The van der Waals surface area contributed by atoms with Gasteiger partial charge in [-0.15, -0.1) is 0 Å². The Labute approximate surface area is 101 Å². The number of anilines is 1. The highest BCUT2D eigenvalue weighted by Crippen LogP contribution is 2.21. The van der Waals surface area contributed by atoms with Gasteiger partial charge in [-0.2, -0.15) is 0 Å². The van der Waals surface area contributed by atoms with Crippen molar-refractivity contribution in [3.05, 3.63) is 24.0 Å². The lowest BCUT2D eigenvalue weighted by atomic mass is 10.2. The number of likely N-dealkylation sites (N-methyl/N-ethyl adjacent to an activating group) is 1. The molecule has 17 heavy (non-hydrogen) atoms. The molecule has 0 radical (unpaired) electrons. The molecule has 1 aromatic rings. The Morgan fingerprint density at radius 3 is 2.76 bits per heavy atom. The summed E-state index contributed by atoms with van der Waals surface area (Å²) in [4.78, 5) is 19.1. The monoisotopic (exact) mass is 235 g/mol. The van der Waals surface area contributed by atoms with E-state index < -0.39 is 5.97 Å². The number of aromatic nitrogens is 1. The van der Waals surface area contributed by atoms with Crippen LogP contribution in [0, 0.1) is 0 Å². The van der Waals surface area contributed by atoms with E-state index in [2.05, 4.69) is 28.9 Å². The minimum absolute atomic E-state index is 0.0945. The molecule has 0 amide bonds. The van der Waals surface area contributed by atoms with E-state index >= 15 is 0 Å². The van der Waals surface area contributed by atoms with Gasteiger partial charge in [0.25, 0.3) is 0 Å². The third-order valence-electron chi connectivity index (χ3n) is 3.23. The first kappa shape index (κ1) is 11.9. The van der Waals surface area contributed by atoms with Crippen LogP contribution in [0.1, 0.15) is 16.9 Å². The van der Waals surface area contributed by atoms with E-state index in [4.69, 9.17) is 5.11 Å². The Kier molecular flexibility index (Phi) is 3.28. The van der Waals surface area contributed by atoms with Crippen molar-refractivity contribution in [2.45, 2.75) is 12.5 Å². The third-order valence-corrected chi connectivity index (χ3v) is 3.23. The molecule has 0 saturated carbocycles. The first-order valence-corrected chi connectivity index (χ1v) is 5.68. The third kappa shape index (κ3) is 2.55. The van der Waals surface area contributed by atoms with Gasteiger partial charge in [0.2, 0.25) is 0 Å². The van der Waals surface area contributed by atoms with Crippen molar-refractivity contribution in [2.75, 3.05) is 32.1 Å². The van der Waals surface area contributed by atoms with Crippen LogP contribution < -0.4 is 4.90 Å². The summed E-state index contributed by atoms with van der Waals surface area (Å²) >= 11 is 0. The molecular formula is C12H17N3O2. The maximum Gasteiger partial charge on any atom is 0.354 e. The second-order valence-corrected chi connectivity index (χ2v) is 4.56. The average molecular weight is 235 g/mol. The van der Waals surface area contributed by atoms with E-state index in [0.29, 0.717) is 6.04 Å². The summed E-state index contributed by atoms with van der Waals surface area (Å²) in [6.07, 6.45) is 2.77. The van der Waals surface area contributed by atoms with Crippen LogP contribution in [0.4, 0.5) is 5.69 Å². The first-order valence-electron chi connectivity index (χ1n) is 5.68. The molecule has 1 fully saturated rings. The summed E-state index contributed by atoms with van der Waals surface area (Å²) in [5.41, 5.74) is 1.09. The average Bonchev–Trinajstić information content (AvgIpc) is 2.78. The van der Waals surface area contributed by atoms with Crippen molar-refractivity contribution in [1.29, 1.82) is 0 Å². The van der Waals surface area contributed by atoms with Gasteiger partial charge in [0.05, 0.1) is 11.9 Å². The smallest absolute Gasteiger partial charge is 0.354 e. The van der Waals surface area contributed by atoms with E-state index in [-0.39, 0.29) is 5.69 Å². The quantitative estimate of drug-likeness (QED) is 0.844. The Balaban J connectivity index is 2.06. The highest BCUT2D eigenvalue weighted by Gasteiger charge is 2.24. The van der Waals surface area contributed by atoms with Crippen LogP contribution in [-0.2, 0) is 0 Å². The molecule has 5 heteroatoms. The van der Waals surface area contributed by atoms with Gasteiger partial charge in [0, 0.05) is 19.1 Å². The Morgan fingerprint density at radius 1 is 1.53 bits per heavy atom. The Bertz CT molecular complexity index is 403. The number of hydrogen-bond acceptors (Lipinski definition) is 4. The number of aromatic carboxylic acids is 1. The van der Waals surface area contributed by atoms with Crippen molar-refractivity contribution in [1.82, 2.24) is 9.88 Å². The molecular weight excluding hydrogens is 218 g/mol. The molecule has 1 aromatic heterocycles. The number of carbonyl (C=O) groups is 1. The first-order chi connectivity index (χ1) is 8.08. The van der Waals surface area contributed by atoms with E-state index in [1.807, 2.05) is 6.07 Å². The number of rotatable bonds is 3. The zero-order chi connectivity index (χ0) is 12.4. The van der Waals surface area contributed by atoms with Gasteiger partial charge in [0.15, 0.2) is 0 Å². The topological polar surface area (TPSA) is 56.7 Å². The van der Waals surface area contributed by atoms with Crippen molar-refractivity contribution in [2.24, 2.45) is 0 Å².